The number of benzene rings is 1. The molecular formula is C16H20FNO4. The second-order valence-corrected chi connectivity index (χ2v) is 5.63. The molecule has 6 heteroatoms. The van der Waals surface area contributed by atoms with Gasteiger partial charge >= 0.3 is 5.97 Å². The van der Waals surface area contributed by atoms with Crippen molar-refractivity contribution >= 4 is 11.9 Å². The van der Waals surface area contributed by atoms with Crippen LogP contribution in [0.3, 0.4) is 0 Å². The number of carboxylic acid groups (broad SMARTS) is 1. The Hall–Kier alpha value is -2.11. The predicted molar refractivity (Wildman–Crippen MR) is 78.4 cm³/mol. The number of halogens is 1. The second-order valence-electron chi connectivity index (χ2n) is 5.63. The monoisotopic (exact) mass is 309 g/mol. The van der Waals surface area contributed by atoms with E-state index in [0.29, 0.717) is 13.0 Å². The van der Waals surface area contributed by atoms with E-state index in [-0.39, 0.29) is 31.3 Å². The third-order valence-corrected chi connectivity index (χ3v) is 3.90. The number of ether oxygens (including phenoxy) is 1. The number of hydrogen-bond acceptors (Lipinski definition) is 3. The Labute approximate surface area is 128 Å². The summed E-state index contributed by atoms with van der Waals surface area (Å²) in [5, 5.41) is 8.85. The van der Waals surface area contributed by atoms with Crippen molar-refractivity contribution in [1.82, 2.24) is 4.90 Å². The lowest BCUT2D eigenvalue weighted by Gasteiger charge is -2.21. The Morgan fingerprint density at radius 1 is 1.41 bits per heavy atom. The van der Waals surface area contributed by atoms with E-state index in [4.69, 9.17) is 9.84 Å². The summed E-state index contributed by atoms with van der Waals surface area (Å²) >= 11 is 0. The van der Waals surface area contributed by atoms with E-state index in [9.17, 15) is 14.0 Å². The predicted octanol–water partition coefficient (Wildman–Crippen LogP) is 2.12. The Morgan fingerprint density at radius 2 is 2.09 bits per heavy atom. The lowest BCUT2D eigenvalue weighted by Crippen LogP contribution is -2.40. The lowest BCUT2D eigenvalue weighted by atomic mass is 10.1. The molecule has 2 rings (SSSR count). The maximum absolute atomic E-state index is 14.0. The molecule has 120 valence electrons. The van der Waals surface area contributed by atoms with E-state index in [0.717, 1.165) is 5.75 Å². The number of amides is 1. The van der Waals surface area contributed by atoms with E-state index in [1.807, 2.05) is 30.3 Å². The summed E-state index contributed by atoms with van der Waals surface area (Å²) in [5.74, 6) is -1.32. The first-order valence-corrected chi connectivity index (χ1v) is 7.31. The van der Waals surface area contributed by atoms with Crippen LogP contribution in [0.1, 0.15) is 19.8 Å². The normalized spacial score (nSPS) is 22.4. The molecule has 1 N–H and O–H groups in total. The molecular weight excluding hydrogens is 289 g/mol. The Morgan fingerprint density at radius 3 is 2.68 bits per heavy atom. The maximum atomic E-state index is 14.0. The fraction of sp³-hybridized carbons (Fsp3) is 0.500. The lowest BCUT2D eigenvalue weighted by molar-refractivity contribution is -0.150. The summed E-state index contributed by atoms with van der Waals surface area (Å²) in [6.45, 7) is 1.90. The standard InChI is InChI=1S/C16H20FNO4/c1-12(7-10-22-13-5-3-2-4-6-13)14(19)18-9-8-16(17,11-18)15(20)21/h2-6,12H,7-11H2,1H3,(H,20,21). The average molecular weight is 309 g/mol. The topological polar surface area (TPSA) is 66.8 Å². The molecule has 0 bridgehead atoms. The highest BCUT2D eigenvalue weighted by atomic mass is 19.1. The van der Waals surface area contributed by atoms with Crippen LogP contribution in [-0.2, 0) is 9.59 Å². The van der Waals surface area contributed by atoms with Gasteiger partial charge in [-0.1, -0.05) is 25.1 Å². The van der Waals surface area contributed by atoms with Crippen molar-refractivity contribution in [3.8, 4) is 5.75 Å². The highest BCUT2D eigenvalue weighted by Gasteiger charge is 2.47. The number of para-hydroxylation sites is 1. The van der Waals surface area contributed by atoms with Gasteiger partial charge in [-0.15, -0.1) is 0 Å². The van der Waals surface area contributed by atoms with Crippen molar-refractivity contribution in [2.45, 2.75) is 25.4 Å². The minimum absolute atomic E-state index is 0.144. The number of aliphatic carboxylic acids is 1. The number of carbonyl (C=O) groups excluding carboxylic acids is 1. The van der Waals surface area contributed by atoms with E-state index in [2.05, 4.69) is 0 Å². The van der Waals surface area contributed by atoms with Gasteiger partial charge in [-0.3, -0.25) is 4.79 Å². The van der Waals surface area contributed by atoms with E-state index in [1.165, 1.54) is 4.90 Å². The summed E-state index contributed by atoms with van der Waals surface area (Å²) in [6, 6.07) is 9.27. The van der Waals surface area contributed by atoms with Gasteiger partial charge in [0.05, 0.1) is 13.2 Å². The number of nitrogens with zero attached hydrogens (tertiary/aromatic N) is 1. The van der Waals surface area contributed by atoms with Gasteiger partial charge in [0, 0.05) is 18.9 Å². The zero-order chi connectivity index (χ0) is 16.2. The summed E-state index contributed by atoms with van der Waals surface area (Å²) in [7, 11) is 0. The van der Waals surface area contributed by atoms with E-state index < -0.39 is 11.6 Å². The molecule has 1 fully saturated rings. The SMILES string of the molecule is CC(CCOc1ccccc1)C(=O)N1CCC(F)(C(=O)O)C1. The van der Waals surface area contributed by atoms with E-state index >= 15 is 0 Å². The van der Waals surface area contributed by atoms with Gasteiger partial charge in [0.25, 0.3) is 0 Å². The molecule has 22 heavy (non-hydrogen) atoms. The van der Waals surface area contributed by atoms with Gasteiger partial charge in [-0.25, -0.2) is 9.18 Å². The molecule has 1 amide bonds. The number of carbonyl (C=O) groups is 2. The number of alkyl halides is 1. The molecule has 0 saturated carbocycles. The summed E-state index contributed by atoms with van der Waals surface area (Å²) < 4.78 is 19.5. The van der Waals surface area contributed by atoms with Gasteiger partial charge in [0.1, 0.15) is 5.75 Å². The quantitative estimate of drug-likeness (QED) is 0.874. The van der Waals surface area contributed by atoms with Crippen LogP contribution in [0.15, 0.2) is 30.3 Å². The molecule has 5 nitrogen and oxygen atoms in total. The molecule has 0 aliphatic carbocycles. The van der Waals surface area contributed by atoms with Crippen LogP contribution in [-0.4, -0.2) is 47.2 Å². The maximum Gasteiger partial charge on any atom is 0.343 e. The molecule has 1 saturated heterocycles. The molecule has 0 aromatic heterocycles. The molecule has 0 radical (unpaired) electrons. The fourth-order valence-corrected chi connectivity index (χ4v) is 2.44. The van der Waals surface area contributed by atoms with Gasteiger partial charge < -0.3 is 14.7 Å². The summed E-state index contributed by atoms with van der Waals surface area (Å²) in [6.07, 6.45) is 0.345. The summed E-state index contributed by atoms with van der Waals surface area (Å²) in [5.41, 5.74) is -2.31. The number of likely N-dealkylation sites (tertiary alicyclic amines) is 1. The van der Waals surface area contributed by atoms with Crippen LogP contribution in [0.4, 0.5) is 4.39 Å². The third kappa shape index (κ3) is 3.75. The molecule has 2 atom stereocenters. The minimum Gasteiger partial charge on any atom is -0.494 e. The van der Waals surface area contributed by atoms with Gasteiger partial charge in [-0.2, -0.15) is 0 Å². The van der Waals surface area contributed by atoms with Crippen molar-refractivity contribution in [2.75, 3.05) is 19.7 Å². The van der Waals surface area contributed by atoms with Crippen molar-refractivity contribution in [3.05, 3.63) is 30.3 Å². The second kappa shape index (κ2) is 6.77. The van der Waals surface area contributed by atoms with Gasteiger partial charge in [0.15, 0.2) is 0 Å². The highest BCUT2D eigenvalue weighted by Crippen LogP contribution is 2.27. The Balaban J connectivity index is 1.79. The molecule has 1 aromatic carbocycles. The highest BCUT2D eigenvalue weighted by molar-refractivity contribution is 5.83. The smallest absolute Gasteiger partial charge is 0.343 e. The van der Waals surface area contributed by atoms with Crippen LogP contribution < -0.4 is 4.74 Å². The first-order chi connectivity index (χ1) is 10.4. The molecule has 2 unspecified atom stereocenters. The fourth-order valence-electron chi connectivity index (χ4n) is 2.44. The minimum atomic E-state index is -2.31. The average Bonchev–Trinajstić information content (AvgIpc) is 2.91. The van der Waals surface area contributed by atoms with Crippen LogP contribution in [0, 0.1) is 5.92 Å². The zero-order valence-corrected chi connectivity index (χ0v) is 12.5. The molecule has 1 aromatic rings. The van der Waals surface area contributed by atoms with Crippen molar-refractivity contribution in [1.29, 1.82) is 0 Å². The van der Waals surface area contributed by atoms with E-state index in [1.54, 1.807) is 6.92 Å². The van der Waals surface area contributed by atoms with Gasteiger partial charge in [0.2, 0.25) is 11.6 Å². The Kier molecular flexibility index (Phi) is 5.00. The summed E-state index contributed by atoms with van der Waals surface area (Å²) in [4.78, 5) is 24.4. The van der Waals surface area contributed by atoms with Crippen LogP contribution in [0.5, 0.6) is 5.75 Å². The van der Waals surface area contributed by atoms with Gasteiger partial charge in [-0.05, 0) is 18.6 Å². The zero-order valence-electron chi connectivity index (χ0n) is 12.5. The molecule has 0 spiro atoms. The molecule has 1 aliphatic rings. The first kappa shape index (κ1) is 16.3. The van der Waals surface area contributed by atoms with Crippen molar-refractivity contribution in [2.24, 2.45) is 5.92 Å². The number of hydrogen-bond donors (Lipinski definition) is 1. The first-order valence-electron chi connectivity index (χ1n) is 7.31. The molecule has 1 heterocycles. The molecule has 1 aliphatic heterocycles. The van der Waals surface area contributed by atoms with Crippen molar-refractivity contribution < 1.29 is 23.8 Å². The van der Waals surface area contributed by atoms with Crippen molar-refractivity contribution in [3.63, 3.8) is 0 Å². The van der Waals surface area contributed by atoms with Crippen LogP contribution in [0.25, 0.3) is 0 Å². The van der Waals surface area contributed by atoms with Crippen LogP contribution >= 0.6 is 0 Å². The third-order valence-electron chi connectivity index (χ3n) is 3.90. The number of rotatable bonds is 6. The largest absolute Gasteiger partial charge is 0.494 e. The number of carboxylic acids is 1. The Bertz CT molecular complexity index is 536. The van der Waals surface area contributed by atoms with Crippen LogP contribution in [0.2, 0.25) is 0 Å².